The normalized spacial score (nSPS) is 21.6. The predicted octanol–water partition coefficient (Wildman–Crippen LogP) is 2.45. The third-order valence-electron chi connectivity index (χ3n) is 3.71. The molecular formula is C15H20BrNO3. The van der Waals surface area contributed by atoms with Crippen molar-refractivity contribution in [1.29, 1.82) is 0 Å². The maximum absolute atomic E-state index is 12.3. The van der Waals surface area contributed by atoms with E-state index in [1.54, 1.807) is 18.7 Å². The van der Waals surface area contributed by atoms with Gasteiger partial charge >= 0.3 is 0 Å². The van der Waals surface area contributed by atoms with E-state index in [2.05, 4.69) is 15.9 Å². The lowest BCUT2D eigenvalue weighted by Gasteiger charge is -2.22. The molecule has 0 spiro atoms. The lowest BCUT2D eigenvalue weighted by atomic mass is 10.0. The van der Waals surface area contributed by atoms with Crippen molar-refractivity contribution in [1.82, 2.24) is 4.90 Å². The smallest absolute Gasteiger partial charge is 0.263 e. The maximum atomic E-state index is 12.3. The highest BCUT2D eigenvalue weighted by molar-refractivity contribution is 9.10. The fourth-order valence-electron chi connectivity index (χ4n) is 2.42. The average molecular weight is 342 g/mol. The van der Waals surface area contributed by atoms with Crippen LogP contribution in [0.4, 0.5) is 0 Å². The number of aliphatic hydroxyl groups excluding tert-OH is 1. The van der Waals surface area contributed by atoms with E-state index in [0.29, 0.717) is 18.8 Å². The molecule has 1 aromatic carbocycles. The summed E-state index contributed by atoms with van der Waals surface area (Å²) in [6.45, 7) is 4.84. The quantitative estimate of drug-likeness (QED) is 0.914. The predicted molar refractivity (Wildman–Crippen MR) is 80.6 cm³/mol. The van der Waals surface area contributed by atoms with Crippen LogP contribution in [0.3, 0.4) is 0 Å². The van der Waals surface area contributed by atoms with Gasteiger partial charge in [-0.1, -0.05) is 12.1 Å². The van der Waals surface area contributed by atoms with Crippen molar-refractivity contribution in [3.8, 4) is 5.75 Å². The fraction of sp³-hybridized carbons (Fsp3) is 0.533. The van der Waals surface area contributed by atoms with Gasteiger partial charge in [-0.05, 0) is 48.3 Å². The second-order valence-electron chi connectivity index (χ2n) is 5.26. The molecule has 0 aromatic heterocycles. The van der Waals surface area contributed by atoms with Gasteiger partial charge in [0.15, 0.2) is 6.10 Å². The van der Waals surface area contributed by atoms with Crippen LogP contribution in [0, 0.1) is 5.92 Å². The number of aliphatic hydroxyl groups is 1. The minimum absolute atomic E-state index is 0.0242. The second-order valence-corrected chi connectivity index (χ2v) is 6.12. The van der Waals surface area contributed by atoms with Gasteiger partial charge < -0.3 is 14.7 Å². The largest absolute Gasteiger partial charge is 0.480 e. The summed E-state index contributed by atoms with van der Waals surface area (Å²) >= 11 is 3.40. The highest BCUT2D eigenvalue weighted by Crippen LogP contribution is 2.26. The third kappa shape index (κ3) is 3.52. The molecule has 0 radical (unpaired) electrons. The van der Waals surface area contributed by atoms with Gasteiger partial charge in [0, 0.05) is 19.0 Å². The molecule has 0 bridgehead atoms. The minimum atomic E-state index is -0.526. The van der Waals surface area contributed by atoms with Crippen molar-refractivity contribution in [2.75, 3.05) is 13.1 Å². The summed E-state index contributed by atoms with van der Waals surface area (Å²) in [6, 6.07) is 7.48. The Labute approximate surface area is 127 Å². The van der Waals surface area contributed by atoms with Gasteiger partial charge in [-0.25, -0.2) is 0 Å². The number of para-hydroxylation sites is 1. The van der Waals surface area contributed by atoms with Gasteiger partial charge in [-0.2, -0.15) is 0 Å². The van der Waals surface area contributed by atoms with Crippen molar-refractivity contribution < 1.29 is 14.6 Å². The molecule has 1 aliphatic rings. The van der Waals surface area contributed by atoms with Crippen molar-refractivity contribution in [2.24, 2.45) is 5.92 Å². The number of benzene rings is 1. The first-order chi connectivity index (χ1) is 9.49. The van der Waals surface area contributed by atoms with Crippen LogP contribution in [0.5, 0.6) is 5.75 Å². The van der Waals surface area contributed by atoms with Crippen molar-refractivity contribution in [3.05, 3.63) is 28.7 Å². The third-order valence-corrected chi connectivity index (χ3v) is 4.36. The second kappa shape index (κ2) is 6.59. The summed E-state index contributed by atoms with van der Waals surface area (Å²) < 4.78 is 6.55. The number of halogens is 1. The summed E-state index contributed by atoms with van der Waals surface area (Å²) in [6.07, 6.45) is -0.0423. The van der Waals surface area contributed by atoms with Crippen molar-refractivity contribution >= 4 is 21.8 Å². The van der Waals surface area contributed by atoms with Crippen molar-refractivity contribution in [3.63, 3.8) is 0 Å². The van der Waals surface area contributed by atoms with Crippen LogP contribution in [0.25, 0.3) is 0 Å². The Balaban J connectivity index is 1.95. The molecule has 2 rings (SSSR count). The average Bonchev–Trinajstić information content (AvgIpc) is 2.90. The molecule has 110 valence electrons. The van der Waals surface area contributed by atoms with E-state index in [1.807, 2.05) is 24.3 Å². The number of hydrogen-bond donors (Lipinski definition) is 1. The van der Waals surface area contributed by atoms with Gasteiger partial charge in [0.25, 0.3) is 5.91 Å². The molecule has 20 heavy (non-hydrogen) atoms. The van der Waals surface area contributed by atoms with E-state index in [1.165, 1.54) is 0 Å². The Morgan fingerprint density at radius 2 is 2.15 bits per heavy atom. The Hall–Kier alpha value is -1.07. The Morgan fingerprint density at radius 1 is 1.45 bits per heavy atom. The van der Waals surface area contributed by atoms with E-state index in [4.69, 9.17) is 4.74 Å². The van der Waals surface area contributed by atoms with E-state index >= 15 is 0 Å². The molecule has 1 amide bonds. The van der Waals surface area contributed by atoms with E-state index in [0.717, 1.165) is 10.9 Å². The standard InChI is InChI=1S/C15H20BrNO3/c1-10(18)12-7-8-17(9-12)15(19)11(2)20-14-6-4-3-5-13(14)16/h3-6,10-12,18H,7-9H2,1-2H3. The molecule has 3 atom stereocenters. The summed E-state index contributed by atoms with van der Waals surface area (Å²) in [5.74, 6) is 0.818. The van der Waals surface area contributed by atoms with Crippen LogP contribution in [0.15, 0.2) is 28.7 Å². The molecule has 1 N–H and O–H groups in total. The first-order valence-corrected chi connectivity index (χ1v) is 7.66. The zero-order valence-electron chi connectivity index (χ0n) is 11.8. The lowest BCUT2D eigenvalue weighted by molar-refractivity contribution is -0.137. The summed E-state index contributed by atoms with van der Waals surface area (Å²) in [4.78, 5) is 14.1. The Bertz CT molecular complexity index is 478. The lowest BCUT2D eigenvalue weighted by Crippen LogP contribution is -2.39. The number of hydrogen-bond acceptors (Lipinski definition) is 3. The Morgan fingerprint density at radius 3 is 2.75 bits per heavy atom. The Kier molecular flexibility index (Phi) is 5.05. The molecule has 1 saturated heterocycles. The molecule has 1 aromatic rings. The highest BCUT2D eigenvalue weighted by atomic mass is 79.9. The van der Waals surface area contributed by atoms with Crippen LogP contribution in [-0.4, -0.2) is 41.2 Å². The molecule has 4 nitrogen and oxygen atoms in total. The highest BCUT2D eigenvalue weighted by Gasteiger charge is 2.32. The van der Waals surface area contributed by atoms with E-state index < -0.39 is 6.10 Å². The van der Waals surface area contributed by atoms with Gasteiger partial charge in [-0.3, -0.25) is 4.79 Å². The topological polar surface area (TPSA) is 49.8 Å². The monoisotopic (exact) mass is 341 g/mol. The van der Waals surface area contributed by atoms with Gasteiger partial charge in [0.2, 0.25) is 0 Å². The SMILES string of the molecule is CC(Oc1ccccc1Br)C(=O)N1CCC(C(C)O)C1. The number of likely N-dealkylation sites (tertiary alicyclic amines) is 1. The molecular weight excluding hydrogens is 322 g/mol. The molecule has 1 fully saturated rings. The number of ether oxygens (including phenoxy) is 1. The molecule has 3 unspecified atom stereocenters. The van der Waals surface area contributed by atoms with Crippen LogP contribution < -0.4 is 4.74 Å². The number of carbonyl (C=O) groups is 1. The molecule has 0 aliphatic carbocycles. The maximum Gasteiger partial charge on any atom is 0.263 e. The van der Waals surface area contributed by atoms with E-state index in [-0.39, 0.29) is 17.9 Å². The number of nitrogens with zero attached hydrogens (tertiary/aromatic N) is 1. The first kappa shape index (κ1) is 15.3. The van der Waals surface area contributed by atoms with Gasteiger partial charge in [-0.15, -0.1) is 0 Å². The summed E-state index contributed by atoms with van der Waals surface area (Å²) in [5.41, 5.74) is 0. The zero-order chi connectivity index (χ0) is 14.7. The summed E-state index contributed by atoms with van der Waals surface area (Å²) in [5, 5.41) is 9.59. The van der Waals surface area contributed by atoms with Crippen LogP contribution in [-0.2, 0) is 4.79 Å². The number of amides is 1. The summed E-state index contributed by atoms with van der Waals surface area (Å²) in [7, 11) is 0. The van der Waals surface area contributed by atoms with Crippen LogP contribution in [0.2, 0.25) is 0 Å². The molecule has 0 saturated carbocycles. The van der Waals surface area contributed by atoms with Crippen LogP contribution >= 0.6 is 15.9 Å². The van der Waals surface area contributed by atoms with E-state index in [9.17, 15) is 9.90 Å². The number of rotatable bonds is 4. The first-order valence-electron chi connectivity index (χ1n) is 6.87. The van der Waals surface area contributed by atoms with Crippen molar-refractivity contribution in [2.45, 2.75) is 32.5 Å². The molecule has 1 aliphatic heterocycles. The van der Waals surface area contributed by atoms with Gasteiger partial charge in [0.05, 0.1) is 10.6 Å². The zero-order valence-corrected chi connectivity index (χ0v) is 13.3. The molecule has 1 heterocycles. The number of carbonyl (C=O) groups excluding carboxylic acids is 1. The molecule has 5 heteroatoms. The van der Waals surface area contributed by atoms with Gasteiger partial charge in [0.1, 0.15) is 5.75 Å². The van der Waals surface area contributed by atoms with Crippen LogP contribution in [0.1, 0.15) is 20.3 Å². The minimum Gasteiger partial charge on any atom is -0.480 e. The fourth-order valence-corrected chi connectivity index (χ4v) is 2.80.